The van der Waals surface area contributed by atoms with Crippen molar-refractivity contribution in [3.05, 3.63) is 33.8 Å². The van der Waals surface area contributed by atoms with Crippen LogP contribution in [-0.4, -0.2) is 14.2 Å². The zero-order valence-electron chi connectivity index (χ0n) is 8.88. The third-order valence-corrected chi connectivity index (χ3v) is 3.30. The molecule has 0 aliphatic rings. The third-order valence-electron chi connectivity index (χ3n) is 2.38. The first kappa shape index (κ1) is 11.6. The first-order valence-corrected chi connectivity index (χ1v) is 5.83. The molecule has 0 bridgehead atoms. The molecule has 0 radical (unpaired) electrons. The van der Waals surface area contributed by atoms with E-state index in [2.05, 4.69) is 15.9 Å². The number of hydrogen-bond acceptors (Lipinski definition) is 2. The molecule has 2 nitrogen and oxygen atoms in total. The lowest BCUT2D eigenvalue weighted by molar-refractivity contribution is 0.412. The van der Waals surface area contributed by atoms with E-state index in [4.69, 9.17) is 21.1 Å². The molecule has 16 heavy (non-hydrogen) atoms. The third kappa shape index (κ3) is 1.97. The molecule has 0 unspecified atom stereocenters. The van der Waals surface area contributed by atoms with Crippen molar-refractivity contribution >= 4 is 38.3 Å². The number of halogens is 2. The molecule has 2 rings (SSSR count). The molecule has 0 fully saturated rings. The van der Waals surface area contributed by atoms with Crippen molar-refractivity contribution in [2.45, 2.75) is 0 Å². The summed E-state index contributed by atoms with van der Waals surface area (Å²) >= 11 is 9.50. The second-order valence-corrected chi connectivity index (χ2v) is 4.58. The Balaban J connectivity index is 2.71. The lowest BCUT2D eigenvalue weighted by atomic mass is 10.1. The Hall–Kier alpha value is -0.930. The zero-order chi connectivity index (χ0) is 11.7. The first-order valence-electron chi connectivity index (χ1n) is 4.66. The van der Waals surface area contributed by atoms with Gasteiger partial charge in [0.1, 0.15) is 11.5 Å². The predicted molar refractivity (Wildman–Crippen MR) is 69.8 cm³/mol. The molecular formula is C12H10BrClO2. The summed E-state index contributed by atoms with van der Waals surface area (Å²) in [7, 11) is 3.24. The van der Waals surface area contributed by atoms with Crippen LogP contribution in [0.5, 0.6) is 11.5 Å². The van der Waals surface area contributed by atoms with Gasteiger partial charge in [-0.2, -0.15) is 0 Å². The number of methoxy groups -OCH3 is 2. The normalized spacial score (nSPS) is 10.5. The van der Waals surface area contributed by atoms with Crippen molar-refractivity contribution in [3.63, 3.8) is 0 Å². The maximum Gasteiger partial charge on any atom is 0.138 e. The van der Waals surface area contributed by atoms with Gasteiger partial charge >= 0.3 is 0 Å². The van der Waals surface area contributed by atoms with Crippen LogP contribution in [0.15, 0.2) is 28.7 Å². The number of benzene rings is 2. The van der Waals surface area contributed by atoms with Crippen LogP contribution in [-0.2, 0) is 0 Å². The lowest BCUT2D eigenvalue weighted by Gasteiger charge is -2.08. The van der Waals surface area contributed by atoms with Crippen molar-refractivity contribution in [2.24, 2.45) is 0 Å². The highest BCUT2D eigenvalue weighted by Crippen LogP contribution is 2.35. The highest BCUT2D eigenvalue weighted by molar-refractivity contribution is 9.10. The molecule has 2 aromatic carbocycles. The van der Waals surface area contributed by atoms with Gasteiger partial charge < -0.3 is 9.47 Å². The average molecular weight is 302 g/mol. The minimum absolute atomic E-state index is 0.604. The van der Waals surface area contributed by atoms with Gasteiger partial charge in [-0.1, -0.05) is 11.6 Å². The van der Waals surface area contributed by atoms with Gasteiger partial charge in [-0.05, 0) is 51.0 Å². The largest absolute Gasteiger partial charge is 0.496 e. The second-order valence-electron chi connectivity index (χ2n) is 3.32. The van der Waals surface area contributed by atoms with Gasteiger partial charge in [0.25, 0.3) is 0 Å². The van der Waals surface area contributed by atoms with Gasteiger partial charge in [0.15, 0.2) is 0 Å². The van der Waals surface area contributed by atoms with Crippen LogP contribution in [0.3, 0.4) is 0 Å². The summed E-state index contributed by atoms with van der Waals surface area (Å²) in [5.41, 5.74) is 0. The van der Waals surface area contributed by atoms with Gasteiger partial charge in [0.2, 0.25) is 0 Å². The fourth-order valence-corrected chi connectivity index (χ4v) is 2.34. The molecule has 0 aliphatic carbocycles. The second kappa shape index (κ2) is 4.52. The van der Waals surface area contributed by atoms with Crippen LogP contribution in [0.4, 0.5) is 0 Å². The number of fused-ring (bicyclic) bond motifs is 1. The van der Waals surface area contributed by atoms with Gasteiger partial charge in [0, 0.05) is 0 Å². The molecule has 0 spiro atoms. The summed E-state index contributed by atoms with van der Waals surface area (Å²) in [5.74, 6) is 1.45. The quantitative estimate of drug-likeness (QED) is 0.824. The standard InChI is InChI=1S/C12H10BrClO2/c1-15-11-5-8-6-12(16-2)10(14)4-7(8)3-9(11)13/h3-6H,1-2H3. The van der Waals surface area contributed by atoms with Crippen molar-refractivity contribution in [1.82, 2.24) is 0 Å². The highest BCUT2D eigenvalue weighted by atomic mass is 79.9. The molecule has 84 valence electrons. The predicted octanol–water partition coefficient (Wildman–Crippen LogP) is 4.27. The Morgan fingerprint density at radius 1 is 0.938 bits per heavy atom. The first-order chi connectivity index (χ1) is 7.65. The van der Waals surface area contributed by atoms with E-state index in [0.717, 1.165) is 21.0 Å². The maximum atomic E-state index is 6.06. The molecule has 0 saturated heterocycles. The van der Waals surface area contributed by atoms with Crippen LogP contribution >= 0.6 is 27.5 Å². The minimum atomic E-state index is 0.604. The monoisotopic (exact) mass is 300 g/mol. The Morgan fingerprint density at radius 3 is 2.12 bits per heavy atom. The minimum Gasteiger partial charge on any atom is -0.496 e. The molecule has 0 heterocycles. The van der Waals surface area contributed by atoms with E-state index in [-0.39, 0.29) is 0 Å². The van der Waals surface area contributed by atoms with Gasteiger partial charge in [-0.15, -0.1) is 0 Å². The maximum absolute atomic E-state index is 6.06. The van der Waals surface area contributed by atoms with Crippen molar-refractivity contribution in [1.29, 1.82) is 0 Å². The Bertz CT molecular complexity index is 495. The molecular weight excluding hydrogens is 291 g/mol. The molecule has 0 aromatic heterocycles. The number of hydrogen-bond donors (Lipinski definition) is 0. The van der Waals surface area contributed by atoms with Crippen LogP contribution < -0.4 is 9.47 Å². The summed E-state index contributed by atoms with van der Waals surface area (Å²) in [6.07, 6.45) is 0. The fourth-order valence-electron chi connectivity index (χ4n) is 1.57. The summed E-state index contributed by atoms with van der Waals surface area (Å²) in [6, 6.07) is 7.68. The van der Waals surface area contributed by atoms with Gasteiger partial charge in [0.05, 0.1) is 23.7 Å². The van der Waals surface area contributed by atoms with Crippen molar-refractivity contribution < 1.29 is 9.47 Å². The van der Waals surface area contributed by atoms with E-state index in [9.17, 15) is 0 Å². The van der Waals surface area contributed by atoms with Crippen LogP contribution in [0.2, 0.25) is 5.02 Å². The van der Waals surface area contributed by atoms with Crippen LogP contribution in [0.25, 0.3) is 10.8 Å². The SMILES string of the molecule is COc1cc2cc(OC)c(Br)cc2cc1Cl. The molecule has 2 aromatic rings. The molecule has 0 amide bonds. The zero-order valence-corrected chi connectivity index (χ0v) is 11.2. The van der Waals surface area contributed by atoms with E-state index >= 15 is 0 Å². The molecule has 0 N–H and O–H groups in total. The lowest BCUT2D eigenvalue weighted by Crippen LogP contribution is -1.87. The Kier molecular flexibility index (Phi) is 3.26. The molecule has 0 saturated carbocycles. The van der Waals surface area contributed by atoms with Crippen LogP contribution in [0.1, 0.15) is 0 Å². The number of rotatable bonds is 2. The van der Waals surface area contributed by atoms with Gasteiger partial charge in [-0.25, -0.2) is 0 Å². The topological polar surface area (TPSA) is 18.5 Å². The van der Waals surface area contributed by atoms with Crippen molar-refractivity contribution in [2.75, 3.05) is 14.2 Å². The molecule has 0 atom stereocenters. The van der Waals surface area contributed by atoms with E-state index in [0.29, 0.717) is 10.8 Å². The smallest absolute Gasteiger partial charge is 0.138 e. The van der Waals surface area contributed by atoms with Gasteiger partial charge in [-0.3, -0.25) is 0 Å². The Labute approximate surface area is 107 Å². The molecule has 4 heteroatoms. The number of ether oxygens (including phenoxy) is 2. The van der Waals surface area contributed by atoms with E-state index in [1.807, 2.05) is 24.3 Å². The fraction of sp³-hybridized carbons (Fsp3) is 0.167. The van der Waals surface area contributed by atoms with E-state index < -0.39 is 0 Å². The van der Waals surface area contributed by atoms with Crippen LogP contribution in [0, 0.1) is 0 Å². The van der Waals surface area contributed by atoms with E-state index in [1.54, 1.807) is 14.2 Å². The van der Waals surface area contributed by atoms with E-state index in [1.165, 1.54) is 0 Å². The highest BCUT2D eigenvalue weighted by Gasteiger charge is 2.07. The Morgan fingerprint density at radius 2 is 1.50 bits per heavy atom. The average Bonchev–Trinajstić information content (AvgIpc) is 2.27. The summed E-state index contributed by atoms with van der Waals surface area (Å²) in [4.78, 5) is 0. The summed E-state index contributed by atoms with van der Waals surface area (Å²) in [5, 5.41) is 2.67. The van der Waals surface area contributed by atoms with Crippen molar-refractivity contribution in [3.8, 4) is 11.5 Å². The summed E-state index contributed by atoms with van der Waals surface area (Å²) in [6.45, 7) is 0. The molecule has 0 aliphatic heterocycles. The summed E-state index contributed by atoms with van der Waals surface area (Å²) < 4.78 is 11.3.